The lowest BCUT2D eigenvalue weighted by Crippen LogP contribution is -2.38. The molecular formula is C20H22N2O5. The number of nitrogens with zero attached hydrogens (tertiary/aromatic N) is 1. The number of amides is 1. The average Bonchev–Trinajstić information content (AvgIpc) is 2.69. The van der Waals surface area contributed by atoms with Crippen LogP contribution in [0.2, 0.25) is 0 Å². The molecule has 0 spiro atoms. The van der Waals surface area contributed by atoms with Crippen LogP contribution in [0.15, 0.2) is 48.5 Å². The molecule has 142 valence electrons. The van der Waals surface area contributed by atoms with Crippen LogP contribution in [0, 0.1) is 0 Å². The minimum absolute atomic E-state index is 0.108. The molecule has 1 saturated heterocycles. The largest absolute Gasteiger partial charge is 0.478 e. The van der Waals surface area contributed by atoms with Gasteiger partial charge in [0.1, 0.15) is 0 Å². The molecule has 7 heteroatoms. The van der Waals surface area contributed by atoms with Gasteiger partial charge in [-0.1, -0.05) is 18.2 Å². The summed E-state index contributed by atoms with van der Waals surface area (Å²) in [5, 5.41) is 12.3. The normalized spacial score (nSPS) is 16.6. The van der Waals surface area contributed by atoms with Crippen LogP contribution in [0.3, 0.4) is 0 Å². The molecular weight excluding hydrogens is 348 g/mol. The zero-order valence-electron chi connectivity index (χ0n) is 15.1. The number of carboxylic acids is 1. The summed E-state index contributed by atoms with van der Waals surface area (Å²) in [4.78, 5) is 25.8. The van der Waals surface area contributed by atoms with Crippen molar-refractivity contribution in [1.82, 2.24) is 0 Å². The quantitative estimate of drug-likeness (QED) is 0.812. The highest BCUT2D eigenvalue weighted by Gasteiger charge is 2.20. The third-order valence-electron chi connectivity index (χ3n) is 4.29. The minimum Gasteiger partial charge on any atom is -0.478 e. The summed E-state index contributed by atoms with van der Waals surface area (Å²) >= 11 is 0. The van der Waals surface area contributed by atoms with E-state index in [1.807, 2.05) is 18.0 Å². The lowest BCUT2D eigenvalue weighted by molar-refractivity contribution is -0.0837. The van der Waals surface area contributed by atoms with Crippen LogP contribution in [0.25, 0.3) is 0 Å². The van der Waals surface area contributed by atoms with Gasteiger partial charge in [-0.3, -0.25) is 4.79 Å². The molecule has 2 aromatic carbocycles. The molecule has 0 aromatic heterocycles. The van der Waals surface area contributed by atoms with Crippen molar-refractivity contribution in [2.75, 3.05) is 43.6 Å². The summed E-state index contributed by atoms with van der Waals surface area (Å²) in [5.41, 5.74) is 1.59. The van der Waals surface area contributed by atoms with Crippen molar-refractivity contribution >= 4 is 23.3 Å². The minimum atomic E-state index is -1.06. The van der Waals surface area contributed by atoms with Gasteiger partial charge in [0.15, 0.2) is 0 Å². The van der Waals surface area contributed by atoms with Gasteiger partial charge in [0.25, 0.3) is 5.91 Å². The van der Waals surface area contributed by atoms with Gasteiger partial charge in [-0.2, -0.15) is 0 Å². The first-order valence-corrected chi connectivity index (χ1v) is 8.69. The Labute approximate surface area is 157 Å². The number of carboxylic acid groups (broad SMARTS) is 1. The molecule has 7 nitrogen and oxygen atoms in total. The Balaban J connectivity index is 1.76. The third-order valence-corrected chi connectivity index (χ3v) is 4.29. The summed E-state index contributed by atoms with van der Waals surface area (Å²) in [5.74, 6) is -1.35. The predicted octanol–water partition coefficient (Wildman–Crippen LogP) is 2.49. The van der Waals surface area contributed by atoms with Gasteiger partial charge < -0.3 is 24.8 Å². The number of likely N-dealkylation sites (N-methyl/N-ethyl adjacent to an activating group) is 1. The van der Waals surface area contributed by atoms with Crippen molar-refractivity contribution in [2.24, 2.45) is 0 Å². The van der Waals surface area contributed by atoms with E-state index in [2.05, 4.69) is 5.32 Å². The Kier molecular flexibility index (Phi) is 6.05. The fraction of sp³-hybridized carbons (Fsp3) is 0.300. The fourth-order valence-electron chi connectivity index (χ4n) is 2.96. The molecule has 2 aromatic rings. The zero-order chi connectivity index (χ0) is 19.2. The predicted molar refractivity (Wildman–Crippen MR) is 102 cm³/mol. The molecule has 1 heterocycles. The van der Waals surface area contributed by atoms with Crippen molar-refractivity contribution in [3.05, 3.63) is 59.7 Å². The van der Waals surface area contributed by atoms with E-state index >= 15 is 0 Å². The van der Waals surface area contributed by atoms with Crippen molar-refractivity contribution in [3.63, 3.8) is 0 Å². The van der Waals surface area contributed by atoms with Crippen LogP contribution in [-0.4, -0.2) is 56.5 Å². The van der Waals surface area contributed by atoms with Crippen molar-refractivity contribution < 1.29 is 24.2 Å². The lowest BCUT2D eigenvalue weighted by atomic mass is 10.1. The van der Waals surface area contributed by atoms with Gasteiger partial charge in [-0.05, 0) is 30.3 Å². The number of ether oxygens (including phenoxy) is 2. The number of hydrogen-bond acceptors (Lipinski definition) is 5. The van der Waals surface area contributed by atoms with Crippen LogP contribution in [0.4, 0.5) is 11.4 Å². The van der Waals surface area contributed by atoms with Crippen LogP contribution in [0.1, 0.15) is 20.7 Å². The van der Waals surface area contributed by atoms with Gasteiger partial charge >= 0.3 is 5.97 Å². The van der Waals surface area contributed by atoms with E-state index in [4.69, 9.17) is 9.47 Å². The SMILES string of the molecule is CN(C[C@H]1COCCO1)c1ccc(NC(=O)c2ccccc2)cc1C(=O)O. The smallest absolute Gasteiger partial charge is 0.337 e. The average molecular weight is 370 g/mol. The van der Waals surface area contributed by atoms with E-state index in [0.29, 0.717) is 43.3 Å². The number of benzene rings is 2. The topological polar surface area (TPSA) is 88.1 Å². The molecule has 1 amide bonds. The van der Waals surface area contributed by atoms with Gasteiger partial charge in [0, 0.05) is 24.8 Å². The van der Waals surface area contributed by atoms with E-state index in [-0.39, 0.29) is 17.6 Å². The molecule has 0 radical (unpaired) electrons. The first-order valence-electron chi connectivity index (χ1n) is 8.69. The van der Waals surface area contributed by atoms with E-state index < -0.39 is 5.97 Å². The molecule has 3 rings (SSSR count). The Morgan fingerprint density at radius 3 is 2.63 bits per heavy atom. The second-order valence-corrected chi connectivity index (χ2v) is 6.31. The molecule has 1 aliphatic rings. The third kappa shape index (κ3) is 4.84. The van der Waals surface area contributed by atoms with E-state index in [1.165, 1.54) is 6.07 Å². The first-order chi connectivity index (χ1) is 13.0. The maximum absolute atomic E-state index is 12.3. The molecule has 1 aliphatic heterocycles. The number of carbonyl (C=O) groups excluding carboxylic acids is 1. The molecule has 2 N–H and O–H groups in total. The molecule has 1 atom stereocenters. The Bertz CT molecular complexity index is 803. The number of aromatic carboxylic acids is 1. The Morgan fingerprint density at radius 2 is 1.96 bits per heavy atom. The van der Waals surface area contributed by atoms with Gasteiger partial charge in [0.05, 0.1) is 37.2 Å². The summed E-state index contributed by atoms with van der Waals surface area (Å²) in [6.45, 7) is 2.11. The summed E-state index contributed by atoms with van der Waals surface area (Å²) in [7, 11) is 1.81. The number of anilines is 2. The van der Waals surface area contributed by atoms with Crippen LogP contribution < -0.4 is 10.2 Å². The summed E-state index contributed by atoms with van der Waals surface area (Å²) < 4.78 is 11.0. The zero-order valence-corrected chi connectivity index (χ0v) is 15.1. The molecule has 0 unspecified atom stereocenters. The van der Waals surface area contributed by atoms with Gasteiger partial charge in [-0.25, -0.2) is 4.79 Å². The van der Waals surface area contributed by atoms with Crippen LogP contribution >= 0.6 is 0 Å². The first kappa shape index (κ1) is 18.9. The molecule has 1 fully saturated rings. The van der Waals surface area contributed by atoms with Crippen LogP contribution in [0.5, 0.6) is 0 Å². The maximum Gasteiger partial charge on any atom is 0.337 e. The number of hydrogen-bond donors (Lipinski definition) is 2. The van der Waals surface area contributed by atoms with E-state index in [1.54, 1.807) is 36.4 Å². The Morgan fingerprint density at radius 1 is 1.19 bits per heavy atom. The highest BCUT2D eigenvalue weighted by Crippen LogP contribution is 2.25. The number of carbonyl (C=O) groups is 2. The molecule has 0 saturated carbocycles. The van der Waals surface area contributed by atoms with E-state index in [9.17, 15) is 14.7 Å². The molecule has 27 heavy (non-hydrogen) atoms. The van der Waals surface area contributed by atoms with Crippen molar-refractivity contribution in [1.29, 1.82) is 0 Å². The monoisotopic (exact) mass is 370 g/mol. The number of nitrogens with one attached hydrogen (secondary N) is 1. The second-order valence-electron chi connectivity index (χ2n) is 6.31. The summed E-state index contributed by atoms with van der Waals surface area (Å²) in [6, 6.07) is 13.6. The van der Waals surface area contributed by atoms with Gasteiger partial charge in [-0.15, -0.1) is 0 Å². The van der Waals surface area contributed by atoms with E-state index in [0.717, 1.165) is 0 Å². The second kappa shape index (κ2) is 8.66. The number of rotatable bonds is 6. The molecule has 0 bridgehead atoms. The summed E-state index contributed by atoms with van der Waals surface area (Å²) in [6.07, 6.45) is -0.108. The molecule has 0 aliphatic carbocycles. The highest BCUT2D eigenvalue weighted by atomic mass is 16.6. The standard InChI is InChI=1S/C20H22N2O5/c1-22(12-16-13-26-9-10-27-16)18-8-7-15(11-17(18)20(24)25)21-19(23)14-5-3-2-4-6-14/h2-8,11,16H,9-10,12-13H2,1H3,(H,21,23)(H,24,25)/t16-/m0/s1. The Hall–Kier alpha value is -2.90. The van der Waals surface area contributed by atoms with Crippen molar-refractivity contribution in [3.8, 4) is 0 Å². The maximum atomic E-state index is 12.3. The lowest BCUT2D eigenvalue weighted by Gasteiger charge is -2.29. The van der Waals surface area contributed by atoms with Crippen molar-refractivity contribution in [2.45, 2.75) is 6.10 Å². The van der Waals surface area contributed by atoms with Gasteiger partial charge in [0.2, 0.25) is 0 Å². The fourth-order valence-corrected chi connectivity index (χ4v) is 2.96. The highest BCUT2D eigenvalue weighted by molar-refractivity contribution is 6.05. The van der Waals surface area contributed by atoms with Crippen LogP contribution in [-0.2, 0) is 9.47 Å².